The number of rotatable bonds is 2. The lowest BCUT2D eigenvalue weighted by Crippen LogP contribution is -2.49. The van der Waals surface area contributed by atoms with Gasteiger partial charge in [-0.05, 0) is 30.3 Å². The Morgan fingerprint density at radius 3 is 1.92 bits per heavy atom. The maximum absolute atomic E-state index is 13.2. The second-order valence-electron chi connectivity index (χ2n) is 6.84. The van der Waals surface area contributed by atoms with Crippen molar-refractivity contribution >= 4 is 29.0 Å². The molecule has 0 N–H and O–H groups in total. The van der Waals surface area contributed by atoms with Crippen LogP contribution in [0.15, 0.2) is 72.8 Å². The van der Waals surface area contributed by atoms with E-state index in [0.29, 0.717) is 5.69 Å². The van der Waals surface area contributed by atoms with Crippen molar-refractivity contribution in [3.63, 3.8) is 0 Å². The first-order chi connectivity index (χ1) is 12.7. The van der Waals surface area contributed by atoms with Crippen LogP contribution in [0.25, 0.3) is 0 Å². The smallest absolute Gasteiger partial charge is 0.240 e. The summed E-state index contributed by atoms with van der Waals surface area (Å²) in [5.74, 6) is -1.80. The van der Waals surface area contributed by atoms with Crippen LogP contribution < -0.4 is 9.80 Å². The molecule has 0 aromatic heterocycles. The minimum absolute atomic E-state index is 0.117. The summed E-state index contributed by atoms with van der Waals surface area (Å²) >= 11 is 0. The third kappa shape index (κ3) is 1.88. The van der Waals surface area contributed by atoms with Crippen LogP contribution in [-0.4, -0.2) is 29.7 Å². The maximum atomic E-state index is 13.2. The average molecular weight is 344 g/mol. The molecule has 26 heavy (non-hydrogen) atoms. The van der Waals surface area contributed by atoms with Crippen molar-refractivity contribution in [2.75, 3.05) is 9.80 Å². The number of benzene rings is 2. The van der Waals surface area contributed by atoms with Gasteiger partial charge in [0.15, 0.2) is 5.78 Å². The predicted octanol–water partition coefficient (Wildman–Crippen LogP) is 2.19. The minimum atomic E-state index is -0.643. The third-order valence-electron chi connectivity index (χ3n) is 5.54. The van der Waals surface area contributed by atoms with Crippen molar-refractivity contribution < 1.29 is 14.4 Å². The Morgan fingerprint density at radius 2 is 1.27 bits per heavy atom. The molecule has 2 bridgehead atoms. The molecule has 0 saturated carbocycles. The first kappa shape index (κ1) is 15.1. The van der Waals surface area contributed by atoms with Crippen molar-refractivity contribution in [1.82, 2.24) is 0 Å². The number of hydrogen-bond acceptors (Lipinski definition) is 4. The molecule has 2 fully saturated rings. The molecule has 0 radical (unpaired) electrons. The van der Waals surface area contributed by atoms with Crippen molar-refractivity contribution in [3.8, 4) is 0 Å². The molecule has 0 unspecified atom stereocenters. The number of anilines is 2. The highest BCUT2D eigenvalue weighted by Crippen LogP contribution is 2.48. The van der Waals surface area contributed by atoms with E-state index in [1.807, 2.05) is 41.3 Å². The Balaban J connectivity index is 1.61. The van der Waals surface area contributed by atoms with E-state index in [1.165, 1.54) is 11.0 Å². The summed E-state index contributed by atoms with van der Waals surface area (Å²) in [4.78, 5) is 42.2. The first-order valence-corrected chi connectivity index (χ1v) is 8.67. The second-order valence-corrected chi connectivity index (χ2v) is 6.84. The van der Waals surface area contributed by atoms with E-state index >= 15 is 0 Å². The van der Waals surface area contributed by atoms with Gasteiger partial charge in [-0.3, -0.25) is 14.4 Å². The van der Waals surface area contributed by atoms with Gasteiger partial charge in [-0.2, -0.15) is 0 Å². The molecular formula is C21H16N2O3. The third-order valence-corrected chi connectivity index (χ3v) is 5.54. The number of hydrogen-bond donors (Lipinski definition) is 0. The summed E-state index contributed by atoms with van der Waals surface area (Å²) in [6.07, 6.45) is 3.30. The Labute approximate surface area is 150 Å². The molecule has 5 rings (SSSR count). The molecule has 3 aliphatic rings. The lowest BCUT2D eigenvalue weighted by molar-refractivity contribution is -0.125. The molecule has 3 aliphatic heterocycles. The number of imide groups is 1. The van der Waals surface area contributed by atoms with Crippen LogP contribution in [0.2, 0.25) is 0 Å². The first-order valence-electron chi connectivity index (χ1n) is 8.67. The molecule has 5 nitrogen and oxygen atoms in total. The van der Waals surface area contributed by atoms with E-state index < -0.39 is 17.9 Å². The average Bonchev–Trinajstić information content (AvgIpc) is 3.09. The SMILES string of the molecule is O=C1C=C[C@@H]2[C@H]3C(=O)N(c4ccccc4)C(=O)[C@@H]3[C@H]1N2c1ccccc1. The number of amides is 2. The molecular weight excluding hydrogens is 328 g/mol. The number of nitrogens with zero attached hydrogens (tertiary/aromatic N) is 2. The lowest BCUT2D eigenvalue weighted by atomic mass is 9.90. The maximum Gasteiger partial charge on any atom is 0.240 e. The number of fused-ring (bicyclic) bond motifs is 5. The molecule has 0 aliphatic carbocycles. The zero-order chi connectivity index (χ0) is 17.8. The largest absolute Gasteiger partial charge is 0.353 e. The molecule has 3 heterocycles. The van der Waals surface area contributed by atoms with Crippen LogP contribution in [0.1, 0.15) is 0 Å². The van der Waals surface area contributed by atoms with Crippen LogP contribution in [-0.2, 0) is 14.4 Å². The van der Waals surface area contributed by atoms with Gasteiger partial charge in [0.05, 0.1) is 23.6 Å². The second kappa shape index (κ2) is 5.39. The van der Waals surface area contributed by atoms with Gasteiger partial charge >= 0.3 is 0 Å². The van der Waals surface area contributed by atoms with Gasteiger partial charge < -0.3 is 4.90 Å². The molecule has 4 atom stereocenters. The van der Waals surface area contributed by atoms with Crippen LogP contribution in [0, 0.1) is 11.8 Å². The van der Waals surface area contributed by atoms with Gasteiger partial charge in [-0.1, -0.05) is 42.5 Å². The van der Waals surface area contributed by atoms with Gasteiger partial charge in [-0.15, -0.1) is 0 Å². The van der Waals surface area contributed by atoms with Gasteiger partial charge in [0.1, 0.15) is 6.04 Å². The summed E-state index contributed by atoms with van der Waals surface area (Å²) in [6.45, 7) is 0. The van der Waals surface area contributed by atoms with Crippen molar-refractivity contribution in [1.29, 1.82) is 0 Å². The van der Waals surface area contributed by atoms with E-state index in [-0.39, 0.29) is 23.6 Å². The highest BCUT2D eigenvalue weighted by atomic mass is 16.2. The highest BCUT2D eigenvalue weighted by Gasteiger charge is 2.64. The van der Waals surface area contributed by atoms with Crippen LogP contribution in [0.3, 0.4) is 0 Å². The van der Waals surface area contributed by atoms with Gasteiger partial charge in [0.25, 0.3) is 0 Å². The van der Waals surface area contributed by atoms with E-state index in [1.54, 1.807) is 30.3 Å². The molecule has 2 aromatic carbocycles. The number of carbonyl (C=O) groups excluding carboxylic acids is 3. The molecule has 5 heteroatoms. The normalized spacial score (nSPS) is 29.5. The van der Waals surface area contributed by atoms with Crippen molar-refractivity contribution in [2.45, 2.75) is 12.1 Å². The van der Waals surface area contributed by atoms with Crippen LogP contribution >= 0.6 is 0 Å². The fourth-order valence-corrected chi connectivity index (χ4v) is 4.52. The lowest BCUT2D eigenvalue weighted by Gasteiger charge is -2.35. The molecule has 2 aromatic rings. The standard InChI is InChI=1S/C21H16N2O3/c24-16-12-11-15-17-18(19(16)22(15)13-7-3-1-4-8-13)21(26)23(20(17)25)14-9-5-2-6-10-14/h1-12,15,17-19H/t15-,17-,18+,19+/m1/s1. The number of carbonyl (C=O) groups is 3. The van der Waals surface area contributed by atoms with E-state index in [4.69, 9.17) is 0 Å². The van der Waals surface area contributed by atoms with Gasteiger partial charge in [0.2, 0.25) is 11.8 Å². The number of para-hydroxylation sites is 2. The van der Waals surface area contributed by atoms with Crippen molar-refractivity contribution in [2.24, 2.45) is 11.8 Å². The Bertz CT molecular complexity index is 938. The summed E-state index contributed by atoms with van der Waals surface area (Å²) in [5, 5.41) is 0. The molecule has 2 amide bonds. The molecule has 2 saturated heterocycles. The highest BCUT2D eigenvalue weighted by molar-refractivity contribution is 6.25. The fourth-order valence-electron chi connectivity index (χ4n) is 4.52. The summed E-state index contributed by atoms with van der Waals surface area (Å²) in [6, 6.07) is 17.6. The summed E-state index contributed by atoms with van der Waals surface area (Å²) < 4.78 is 0. The zero-order valence-electron chi connectivity index (χ0n) is 13.9. The molecule has 128 valence electrons. The van der Waals surface area contributed by atoms with Crippen LogP contribution in [0.4, 0.5) is 11.4 Å². The quantitative estimate of drug-likeness (QED) is 0.784. The zero-order valence-corrected chi connectivity index (χ0v) is 13.9. The minimum Gasteiger partial charge on any atom is -0.353 e. The Kier molecular flexibility index (Phi) is 3.13. The van der Waals surface area contributed by atoms with E-state index in [0.717, 1.165) is 5.69 Å². The van der Waals surface area contributed by atoms with Crippen molar-refractivity contribution in [3.05, 3.63) is 72.8 Å². The summed E-state index contributed by atoms with van der Waals surface area (Å²) in [5.41, 5.74) is 1.43. The van der Waals surface area contributed by atoms with Crippen LogP contribution in [0.5, 0.6) is 0 Å². The Morgan fingerprint density at radius 1 is 0.692 bits per heavy atom. The van der Waals surface area contributed by atoms with E-state index in [2.05, 4.69) is 0 Å². The number of ketones is 1. The van der Waals surface area contributed by atoms with E-state index in [9.17, 15) is 14.4 Å². The monoisotopic (exact) mass is 344 g/mol. The van der Waals surface area contributed by atoms with Gasteiger partial charge in [-0.25, -0.2) is 4.90 Å². The van der Waals surface area contributed by atoms with Gasteiger partial charge in [0, 0.05) is 5.69 Å². The predicted molar refractivity (Wildman–Crippen MR) is 96.6 cm³/mol. The summed E-state index contributed by atoms with van der Waals surface area (Å²) in [7, 11) is 0. The Hall–Kier alpha value is -3.21. The fraction of sp³-hybridized carbons (Fsp3) is 0.190. The topological polar surface area (TPSA) is 57.7 Å². The molecule has 0 spiro atoms.